The number of hydrogen-bond acceptors (Lipinski definition) is 5. The normalized spacial score (nSPS) is 19.8. The maximum Gasteiger partial charge on any atom is 0.316 e. The number of ether oxygens (including phenoxy) is 1. The van der Waals surface area contributed by atoms with E-state index < -0.39 is 5.91 Å². The van der Waals surface area contributed by atoms with Gasteiger partial charge in [-0.3, -0.25) is 14.4 Å². The summed E-state index contributed by atoms with van der Waals surface area (Å²) in [5, 5.41) is 2.93. The van der Waals surface area contributed by atoms with E-state index in [9.17, 15) is 14.4 Å². The number of hydrogen-bond donors (Lipinski definition) is 2. The lowest BCUT2D eigenvalue weighted by Gasteiger charge is -2.36. The van der Waals surface area contributed by atoms with E-state index in [1.807, 2.05) is 24.3 Å². The fourth-order valence-corrected chi connectivity index (χ4v) is 5.50. The maximum atomic E-state index is 12.8. The van der Waals surface area contributed by atoms with Gasteiger partial charge in [0.25, 0.3) is 5.91 Å². The van der Waals surface area contributed by atoms with E-state index in [2.05, 4.69) is 26.1 Å². The van der Waals surface area contributed by atoms with Crippen molar-refractivity contribution in [1.82, 2.24) is 5.32 Å². The molecule has 0 aromatic heterocycles. The first-order valence-corrected chi connectivity index (χ1v) is 13.3. The molecule has 2 amide bonds. The molecule has 3 N–H and O–H groups in total. The van der Waals surface area contributed by atoms with E-state index >= 15 is 0 Å². The largest absolute Gasteiger partial charge is 0.461 e. The Bertz CT molecular complexity index is 1040. The van der Waals surface area contributed by atoms with Gasteiger partial charge in [-0.25, -0.2) is 0 Å². The molecule has 188 valence electrons. The van der Waals surface area contributed by atoms with Gasteiger partial charge in [-0.2, -0.15) is 0 Å². The number of carbonyl (C=O) groups excluding carboxylic acids is 3. The Morgan fingerprint density at radius 1 is 1.11 bits per heavy atom. The number of esters is 1. The fourth-order valence-electron chi connectivity index (χ4n) is 4.67. The fraction of sp³-hybridized carbons (Fsp3) is 0.464. The van der Waals surface area contributed by atoms with E-state index in [1.165, 1.54) is 18.2 Å². The third-order valence-electron chi connectivity index (χ3n) is 6.63. The monoisotopic (exact) mass is 496 g/mol. The van der Waals surface area contributed by atoms with Crippen LogP contribution in [0.5, 0.6) is 0 Å². The van der Waals surface area contributed by atoms with Gasteiger partial charge >= 0.3 is 5.97 Å². The molecule has 1 aliphatic rings. The van der Waals surface area contributed by atoms with Crippen LogP contribution in [0.15, 0.2) is 53.4 Å². The summed E-state index contributed by atoms with van der Waals surface area (Å²) in [5.41, 5.74) is 7.24. The molecule has 2 aromatic rings. The van der Waals surface area contributed by atoms with Gasteiger partial charge in [0, 0.05) is 17.0 Å². The van der Waals surface area contributed by atoms with E-state index in [0.29, 0.717) is 41.8 Å². The molecule has 3 atom stereocenters. The quantitative estimate of drug-likeness (QED) is 0.362. The van der Waals surface area contributed by atoms with Crippen LogP contribution in [0.3, 0.4) is 0 Å². The van der Waals surface area contributed by atoms with Crippen molar-refractivity contribution in [2.24, 2.45) is 23.5 Å². The molecule has 35 heavy (non-hydrogen) atoms. The lowest BCUT2D eigenvalue weighted by molar-refractivity contribution is -0.152. The first-order valence-electron chi connectivity index (χ1n) is 12.3. The molecule has 2 aromatic carbocycles. The maximum absolute atomic E-state index is 12.8. The van der Waals surface area contributed by atoms with Crippen LogP contribution in [-0.2, 0) is 16.0 Å². The van der Waals surface area contributed by atoms with E-state index in [-0.39, 0.29) is 23.7 Å². The molecular weight excluding hydrogens is 460 g/mol. The first-order chi connectivity index (χ1) is 16.7. The summed E-state index contributed by atoms with van der Waals surface area (Å²) in [7, 11) is 0. The molecule has 3 rings (SSSR count). The van der Waals surface area contributed by atoms with Gasteiger partial charge in [0.1, 0.15) is 6.10 Å². The lowest BCUT2D eigenvalue weighted by atomic mass is 9.75. The van der Waals surface area contributed by atoms with Gasteiger partial charge < -0.3 is 15.8 Å². The van der Waals surface area contributed by atoms with Crippen molar-refractivity contribution < 1.29 is 19.1 Å². The van der Waals surface area contributed by atoms with Gasteiger partial charge in [0.15, 0.2) is 0 Å². The van der Waals surface area contributed by atoms with Crippen LogP contribution < -0.4 is 11.1 Å². The highest BCUT2D eigenvalue weighted by atomic mass is 32.2. The summed E-state index contributed by atoms with van der Waals surface area (Å²) >= 11 is 1.33. The highest BCUT2D eigenvalue weighted by molar-refractivity contribution is 8.00. The third kappa shape index (κ3) is 7.85. The Balaban J connectivity index is 1.53. The van der Waals surface area contributed by atoms with Gasteiger partial charge in [-0.05, 0) is 66.8 Å². The number of nitrogens with one attached hydrogen (secondary N) is 1. The Kier molecular flexibility index (Phi) is 9.78. The molecule has 1 aliphatic carbocycles. The molecule has 0 bridgehead atoms. The number of nitrogens with two attached hydrogens (primary N) is 1. The summed E-state index contributed by atoms with van der Waals surface area (Å²) in [6.07, 6.45) is 3.74. The lowest BCUT2D eigenvalue weighted by Crippen LogP contribution is -2.36. The molecule has 0 radical (unpaired) electrons. The van der Waals surface area contributed by atoms with Gasteiger partial charge in [-0.15, -0.1) is 11.8 Å². The SMILES string of the molecule is CC1CCC(C(C)C)C(OC(=O)CSc2ccccc2C(=O)NCCc2cccc(C(N)=O)c2)C1. The summed E-state index contributed by atoms with van der Waals surface area (Å²) in [6.45, 7) is 7.02. The number of rotatable bonds is 10. The predicted octanol–water partition coefficient (Wildman–Crippen LogP) is 4.85. The minimum Gasteiger partial charge on any atom is -0.461 e. The van der Waals surface area contributed by atoms with Crippen molar-refractivity contribution in [1.29, 1.82) is 0 Å². The summed E-state index contributed by atoms with van der Waals surface area (Å²) in [5.74, 6) is 0.714. The van der Waals surface area contributed by atoms with Gasteiger partial charge in [0.05, 0.1) is 11.3 Å². The molecule has 0 heterocycles. The minimum absolute atomic E-state index is 0.0292. The standard InChI is InChI=1S/C28H36N2O4S/c1-18(2)22-12-11-19(3)15-24(22)34-26(31)17-35-25-10-5-4-9-23(25)28(33)30-14-13-20-7-6-8-21(16-20)27(29)32/h4-10,16,18-19,22,24H,11-15,17H2,1-3H3,(H2,29,32)(H,30,33). The number of primary amides is 1. The average Bonchev–Trinajstić information content (AvgIpc) is 2.83. The second kappa shape index (κ2) is 12.8. The zero-order valence-corrected chi connectivity index (χ0v) is 21.6. The van der Waals surface area contributed by atoms with Crippen molar-refractivity contribution in [2.45, 2.75) is 57.5 Å². The number of benzene rings is 2. The van der Waals surface area contributed by atoms with Gasteiger partial charge in [0.2, 0.25) is 5.91 Å². The van der Waals surface area contributed by atoms with Crippen LogP contribution in [0.2, 0.25) is 0 Å². The average molecular weight is 497 g/mol. The van der Waals surface area contributed by atoms with Crippen LogP contribution in [0.4, 0.5) is 0 Å². The van der Waals surface area contributed by atoms with Crippen LogP contribution in [0.25, 0.3) is 0 Å². The van der Waals surface area contributed by atoms with Crippen molar-refractivity contribution in [3.05, 3.63) is 65.2 Å². The van der Waals surface area contributed by atoms with Crippen molar-refractivity contribution in [2.75, 3.05) is 12.3 Å². The molecule has 0 spiro atoms. The van der Waals surface area contributed by atoms with Crippen LogP contribution in [-0.4, -0.2) is 36.2 Å². The number of thioether (sulfide) groups is 1. The predicted molar refractivity (Wildman–Crippen MR) is 139 cm³/mol. The molecular formula is C28H36N2O4S. The second-order valence-corrected chi connectivity index (χ2v) is 10.7. The number of carbonyl (C=O) groups is 3. The Morgan fingerprint density at radius 2 is 1.89 bits per heavy atom. The second-order valence-electron chi connectivity index (χ2n) is 9.71. The van der Waals surface area contributed by atoms with Gasteiger partial charge in [-0.1, -0.05) is 51.5 Å². The topological polar surface area (TPSA) is 98.5 Å². The highest BCUT2D eigenvalue weighted by Gasteiger charge is 2.33. The van der Waals surface area contributed by atoms with E-state index in [4.69, 9.17) is 10.5 Å². The Labute approximate surface area is 212 Å². The first kappa shape index (κ1) is 26.8. The molecule has 1 fully saturated rings. The van der Waals surface area contributed by atoms with Crippen LogP contribution in [0, 0.1) is 17.8 Å². The summed E-state index contributed by atoms with van der Waals surface area (Å²) in [4.78, 5) is 37.6. The highest BCUT2D eigenvalue weighted by Crippen LogP contribution is 2.35. The molecule has 6 nitrogen and oxygen atoms in total. The van der Waals surface area contributed by atoms with Crippen molar-refractivity contribution in [3.8, 4) is 0 Å². The molecule has 3 unspecified atom stereocenters. The smallest absolute Gasteiger partial charge is 0.316 e. The molecule has 7 heteroatoms. The summed E-state index contributed by atoms with van der Waals surface area (Å²) in [6, 6.07) is 14.4. The van der Waals surface area contributed by atoms with Crippen molar-refractivity contribution in [3.63, 3.8) is 0 Å². The van der Waals surface area contributed by atoms with Crippen LogP contribution in [0.1, 0.15) is 66.3 Å². The zero-order valence-electron chi connectivity index (χ0n) is 20.8. The zero-order chi connectivity index (χ0) is 25.4. The Hall–Kier alpha value is -2.80. The molecule has 1 saturated carbocycles. The third-order valence-corrected chi connectivity index (χ3v) is 7.68. The molecule has 0 aliphatic heterocycles. The minimum atomic E-state index is -0.474. The van der Waals surface area contributed by atoms with Crippen molar-refractivity contribution >= 4 is 29.5 Å². The molecule has 0 saturated heterocycles. The Morgan fingerprint density at radius 3 is 2.63 bits per heavy atom. The summed E-state index contributed by atoms with van der Waals surface area (Å²) < 4.78 is 5.90. The van der Waals surface area contributed by atoms with Crippen LogP contribution >= 0.6 is 11.8 Å². The van der Waals surface area contributed by atoms with E-state index in [0.717, 1.165) is 23.3 Å². The number of amides is 2. The van der Waals surface area contributed by atoms with E-state index in [1.54, 1.807) is 24.3 Å².